The monoisotopic (exact) mass is 308 g/mol. The Balaban J connectivity index is 1.88. The van der Waals surface area contributed by atoms with Gasteiger partial charge < -0.3 is 10.0 Å². The van der Waals surface area contributed by atoms with Crippen LogP contribution in [-0.2, 0) is 19.4 Å². The van der Waals surface area contributed by atoms with Crippen LogP contribution in [0.5, 0.6) is 0 Å². The third-order valence-electron chi connectivity index (χ3n) is 3.45. The maximum atomic E-state index is 11.3. The largest absolute Gasteiger partial charge is 0.477 e. The predicted molar refractivity (Wildman–Crippen MR) is 82.1 cm³/mol. The lowest BCUT2D eigenvalue weighted by Gasteiger charge is -2.26. The summed E-state index contributed by atoms with van der Waals surface area (Å²) in [4.78, 5) is 19.9. The predicted octanol–water partition coefficient (Wildman–Crippen LogP) is 3.42. The molecule has 2 aromatic heterocycles. The molecule has 1 aliphatic rings. The molecule has 3 heterocycles. The molecule has 0 amide bonds. The van der Waals surface area contributed by atoms with Crippen LogP contribution in [0.3, 0.4) is 0 Å². The highest BCUT2D eigenvalue weighted by molar-refractivity contribution is 7.17. The molecule has 1 N–H and O–H groups in total. The first-order chi connectivity index (χ1) is 9.69. The quantitative estimate of drug-likeness (QED) is 0.940. The van der Waals surface area contributed by atoms with Crippen molar-refractivity contribution >= 4 is 33.8 Å². The fourth-order valence-electron chi connectivity index (χ4n) is 2.46. The lowest BCUT2D eigenvalue weighted by atomic mass is 10.1. The Labute approximate surface area is 125 Å². The maximum Gasteiger partial charge on any atom is 0.347 e. The molecule has 1 aliphatic heterocycles. The van der Waals surface area contributed by atoms with Gasteiger partial charge in [0.15, 0.2) is 5.13 Å². The highest BCUT2D eigenvalue weighted by atomic mass is 32.1. The Morgan fingerprint density at radius 1 is 1.55 bits per heavy atom. The number of hydrogen-bond donors (Lipinski definition) is 1. The molecular weight excluding hydrogens is 292 g/mol. The average molecular weight is 308 g/mol. The maximum absolute atomic E-state index is 11.3. The van der Waals surface area contributed by atoms with E-state index in [1.54, 1.807) is 11.3 Å². The zero-order valence-corrected chi connectivity index (χ0v) is 12.9. The summed E-state index contributed by atoms with van der Waals surface area (Å²) in [5, 5.41) is 12.3. The number of nitrogens with zero attached hydrogens (tertiary/aromatic N) is 2. The Hall–Kier alpha value is -1.40. The molecule has 0 saturated heterocycles. The van der Waals surface area contributed by atoms with Crippen molar-refractivity contribution in [3.05, 3.63) is 32.5 Å². The Morgan fingerprint density at radius 3 is 3.15 bits per heavy atom. The summed E-state index contributed by atoms with van der Waals surface area (Å²) in [6, 6.07) is 2.16. The van der Waals surface area contributed by atoms with Crippen LogP contribution in [0.25, 0.3) is 0 Å². The molecule has 0 atom stereocenters. The smallest absolute Gasteiger partial charge is 0.347 e. The first-order valence-corrected chi connectivity index (χ1v) is 8.42. The van der Waals surface area contributed by atoms with Crippen LogP contribution >= 0.6 is 22.7 Å². The van der Waals surface area contributed by atoms with E-state index < -0.39 is 5.97 Å². The molecule has 106 valence electrons. The summed E-state index contributed by atoms with van der Waals surface area (Å²) in [7, 11) is 0. The minimum Gasteiger partial charge on any atom is -0.477 e. The van der Waals surface area contributed by atoms with Gasteiger partial charge in [0.25, 0.3) is 0 Å². The molecule has 0 saturated carbocycles. The SMILES string of the molecule is CCCc1nc(N2CCc3sccc3C2)sc1C(=O)O. The van der Waals surface area contributed by atoms with Gasteiger partial charge in [-0.25, -0.2) is 9.78 Å². The number of aryl methyl sites for hydroxylation is 1. The van der Waals surface area contributed by atoms with Gasteiger partial charge >= 0.3 is 5.97 Å². The van der Waals surface area contributed by atoms with Crippen LogP contribution in [0.15, 0.2) is 11.4 Å². The topological polar surface area (TPSA) is 53.4 Å². The summed E-state index contributed by atoms with van der Waals surface area (Å²) in [6.45, 7) is 3.81. The van der Waals surface area contributed by atoms with Crippen LogP contribution in [0.4, 0.5) is 5.13 Å². The fourth-order valence-corrected chi connectivity index (χ4v) is 4.33. The summed E-state index contributed by atoms with van der Waals surface area (Å²) >= 11 is 3.12. The number of carbonyl (C=O) groups is 1. The minimum atomic E-state index is -0.856. The number of rotatable bonds is 4. The fraction of sp³-hybridized carbons (Fsp3) is 0.429. The second-order valence-corrected chi connectivity index (χ2v) is 6.85. The van der Waals surface area contributed by atoms with Crippen molar-refractivity contribution in [3.8, 4) is 0 Å². The van der Waals surface area contributed by atoms with E-state index in [0.29, 0.717) is 4.88 Å². The number of aromatic nitrogens is 1. The van der Waals surface area contributed by atoms with Gasteiger partial charge in [0.2, 0.25) is 0 Å². The summed E-state index contributed by atoms with van der Waals surface area (Å²) in [5.74, 6) is -0.856. The number of anilines is 1. The number of fused-ring (bicyclic) bond motifs is 1. The van der Waals surface area contributed by atoms with Gasteiger partial charge in [0.1, 0.15) is 4.88 Å². The van der Waals surface area contributed by atoms with Crippen LogP contribution in [0.2, 0.25) is 0 Å². The number of thiazole rings is 1. The number of carboxylic acid groups (broad SMARTS) is 1. The van der Waals surface area contributed by atoms with E-state index in [0.717, 1.165) is 43.2 Å². The molecule has 4 nitrogen and oxygen atoms in total. The zero-order valence-electron chi connectivity index (χ0n) is 11.3. The molecule has 20 heavy (non-hydrogen) atoms. The highest BCUT2D eigenvalue weighted by Crippen LogP contribution is 2.32. The number of hydrogen-bond acceptors (Lipinski definition) is 5. The molecule has 0 spiro atoms. The van der Waals surface area contributed by atoms with E-state index in [1.807, 2.05) is 6.92 Å². The van der Waals surface area contributed by atoms with E-state index in [2.05, 4.69) is 21.3 Å². The summed E-state index contributed by atoms with van der Waals surface area (Å²) in [6.07, 6.45) is 2.67. The Bertz CT molecular complexity index is 633. The molecule has 0 aliphatic carbocycles. The summed E-state index contributed by atoms with van der Waals surface area (Å²) in [5.41, 5.74) is 2.08. The van der Waals surface area contributed by atoms with Gasteiger partial charge in [0, 0.05) is 18.0 Å². The van der Waals surface area contributed by atoms with Crippen LogP contribution in [0.1, 0.15) is 39.2 Å². The molecule has 0 aromatic carbocycles. The second kappa shape index (κ2) is 5.54. The Morgan fingerprint density at radius 2 is 2.40 bits per heavy atom. The van der Waals surface area contributed by atoms with Gasteiger partial charge in [-0.05, 0) is 29.9 Å². The third-order valence-corrected chi connectivity index (χ3v) is 5.61. The van der Waals surface area contributed by atoms with Gasteiger partial charge in [-0.3, -0.25) is 0 Å². The van der Waals surface area contributed by atoms with Crippen molar-refractivity contribution in [3.63, 3.8) is 0 Å². The molecule has 0 fully saturated rings. The first kappa shape index (κ1) is 13.6. The average Bonchev–Trinajstić information content (AvgIpc) is 3.04. The summed E-state index contributed by atoms with van der Waals surface area (Å²) < 4.78 is 0. The van der Waals surface area contributed by atoms with E-state index >= 15 is 0 Å². The van der Waals surface area contributed by atoms with Gasteiger partial charge in [-0.2, -0.15) is 0 Å². The van der Waals surface area contributed by atoms with Crippen molar-refractivity contribution in [2.75, 3.05) is 11.4 Å². The van der Waals surface area contributed by atoms with E-state index in [-0.39, 0.29) is 0 Å². The number of carboxylic acids is 1. The standard InChI is InChI=1S/C14H16N2O2S2/c1-2-3-10-12(13(17)18)20-14(15-10)16-6-4-11-9(8-16)5-7-19-11/h5,7H,2-4,6,8H2,1H3,(H,17,18). The molecule has 2 aromatic rings. The van der Waals surface area contributed by atoms with Crippen molar-refractivity contribution in [1.82, 2.24) is 4.98 Å². The lowest BCUT2D eigenvalue weighted by molar-refractivity contribution is 0.0700. The van der Waals surface area contributed by atoms with Crippen molar-refractivity contribution in [1.29, 1.82) is 0 Å². The number of thiophene rings is 1. The third kappa shape index (κ3) is 2.45. The minimum absolute atomic E-state index is 0.401. The first-order valence-electron chi connectivity index (χ1n) is 6.72. The van der Waals surface area contributed by atoms with E-state index in [4.69, 9.17) is 0 Å². The normalized spacial score (nSPS) is 14.3. The lowest BCUT2D eigenvalue weighted by Crippen LogP contribution is -2.29. The van der Waals surface area contributed by atoms with Gasteiger partial charge in [-0.15, -0.1) is 11.3 Å². The van der Waals surface area contributed by atoms with E-state index in [1.165, 1.54) is 21.8 Å². The molecule has 0 unspecified atom stereocenters. The van der Waals surface area contributed by atoms with Gasteiger partial charge in [0.05, 0.1) is 5.69 Å². The van der Waals surface area contributed by atoms with Crippen LogP contribution < -0.4 is 4.90 Å². The molecule has 0 bridgehead atoms. The van der Waals surface area contributed by atoms with Crippen molar-refractivity contribution in [2.24, 2.45) is 0 Å². The van der Waals surface area contributed by atoms with E-state index in [9.17, 15) is 9.90 Å². The van der Waals surface area contributed by atoms with Crippen LogP contribution in [0, 0.1) is 0 Å². The molecule has 3 rings (SSSR count). The van der Waals surface area contributed by atoms with Gasteiger partial charge in [-0.1, -0.05) is 24.7 Å². The Kier molecular flexibility index (Phi) is 3.76. The highest BCUT2D eigenvalue weighted by Gasteiger charge is 2.23. The zero-order chi connectivity index (χ0) is 14.1. The van der Waals surface area contributed by atoms with Crippen LogP contribution in [-0.4, -0.2) is 22.6 Å². The molecule has 0 radical (unpaired) electrons. The number of aromatic carboxylic acids is 1. The van der Waals surface area contributed by atoms with Crippen molar-refractivity contribution in [2.45, 2.75) is 32.7 Å². The second-order valence-electron chi connectivity index (χ2n) is 4.87. The van der Waals surface area contributed by atoms with Crippen molar-refractivity contribution < 1.29 is 9.90 Å². The molecule has 6 heteroatoms. The molecular formula is C14H16N2O2S2.